The van der Waals surface area contributed by atoms with Crippen molar-refractivity contribution in [1.82, 2.24) is 0 Å². The van der Waals surface area contributed by atoms with E-state index in [1.165, 1.54) is 24.8 Å². The van der Waals surface area contributed by atoms with E-state index in [-0.39, 0.29) is 10.9 Å². The lowest BCUT2D eigenvalue weighted by atomic mass is 9.84. The molecule has 30 heavy (non-hydrogen) atoms. The Morgan fingerprint density at radius 2 is 1.40 bits per heavy atom. The zero-order valence-corrected chi connectivity index (χ0v) is 20.6. The van der Waals surface area contributed by atoms with Crippen LogP contribution in [0.2, 0.25) is 0 Å². The quantitative estimate of drug-likeness (QED) is 0.287. The number of benzene rings is 2. The van der Waals surface area contributed by atoms with Gasteiger partial charge in [0.25, 0.3) is 0 Å². The molecule has 0 radical (unpaired) electrons. The van der Waals surface area contributed by atoms with E-state index in [1.807, 2.05) is 44.2 Å². The fourth-order valence-electron chi connectivity index (χ4n) is 4.05. The number of hydrogen-bond acceptors (Lipinski definition) is 2. The van der Waals surface area contributed by atoms with Crippen molar-refractivity contribution in [2.75, 3.05) is 6.16 Å². The molecule has 0 heterocycles. The SMILES string of the molecule is CCCCCCCCP(=O)(C(=O)c1c(C)cc(C(C)(C)C)cc1C)c1ccccc1. The summed E-state index contributed by atoms with van der Waals surface area (Å²) in [6.45, 7) is 12.7. The molecular weight excluding hydrogens is 387 g/mol. The van der Waals surface area contributed by atoms with Crippen LogP contribution in [0.15, 0.2) is 42.5 Å². The maximum absolute atomic E-state index is 14.2. The number of aryl methyl sites for hydroxylation is 2. The fraction of sp³-hybridized carbons (Fsp3) is 0.519. The lowest BCUT2D eigenvalue weighted by Crippen LogP contribution is -2.19. The molecule has 0 amide bonds. The Morgan fingerprint density at radius 3 is 1.93 bits per heavy atom. The first-order valence-electron chi connectivity index (χ1n) is 11.4. The second kappa shape index (κ2) is 10.6. The highest BCUT2D eigenvalue weighted by atomic mass is 31.2. The van der Waals surface area contributed by atoms with Crippen LogP contribution in [-0.4, -0.2) is 11.7 Å². The Morgan fingerprint density at radius 1 is 0.867 bits per heavy atom. The summed E-state index contributed by atoms with van der Waals surface area (Å²) in [4.78, 5) is 13.8. The third-order valence-corrected chi connectivity index (χ3v) is 8.90. The summed E-state index contributed by atoms with van der Waals surface area (Å²) in [6, 6.07) is 13.6. The van der Waals surface area contributed by atoms with E-state index in [0.717, 1.165) is 30.4 Å². The molecule has 0 aromatic heterocycles. The van der Waals surface area contributed by atoms with Crippen LogP contribution in [0.3, 0.4) is 0 Å². The molecule has 0 saturated heterocycles. The summed E-state index contributed by atoms with van der Waals surface area (Å²) in [5, 5.41) is 0.697. The molecule has 0 N–H and O–H groups in total. The molecule has 3 heteroatoms. The van der Waals surface area contributed by atoms with Gasteiger partial charge in [-0.05, 0) is 42.4 Å². The zero-order chi connectivity index (χ0) is 22.4. The van der Waals surface area contributed by atoms with Gasteiger partial charge in [-0.2, -0.15) is 0 Å². The van der Waals surface area contributed by atoms with Gasteiger partial charge in [0.2, 0.25) is 5.52 Å². The van der Waals surface area contributed by atoms with Gasteiger partial charge in [0.1, 0.15) is 0 Å². The summed E-state index contributed by atoms with van der Waals surface area (Å²) in [5.74, 6) is 0. The second-order valence-corrected chi connectivity index (χ2v) is 12.5. The zero-order valence-electron chi connectivity index (χ0n) is 19.8. The predicted molar refractivity (Wildman–Crippen MR) is 131 cm³/mol. The van der Waals surface area contributed by atoms with Crippen molar-refractivity contribution in [2.45, 2.75) is 85.5 Å². The minimum absolute atomic E-state index is 0.0126. The molecule has 0 saturated carbocycles. The van der Waals surface area contributed by atoms with Gasteiger partial charge < -0.3 is 4.57 Å². The molecule has 2 aromatic rings. The molecule has 0 aliphatic heterocycles. The largest absolute Gasteiger partial charge is 0.310 e. The molecule has 2 rings (SSSR count). The first-order chi connectivity index (χ1) is 14.1. The van der Waals surface area contributed by atoms with E-state index in [1.54, 1.807) is 0 Å². The predicted octanol–water partition coefficient (Wildman–Crippen LogP) is 7.79. The van der Waals surface area contributed by atoms with E-state index in [2.05, 4.69) is 39.8 Å². The van der Waals surface area contributed by atoms with Crippen molar-refractivity contribution in [3.05, 3.63) is 64.7 Å². The number of hydrogen-bond donors (Lipinski definition) is 0. The monoisotopic (exact) mass is 426 g/mol. The number of unbranched alkanes of at least 4 members (excludes halogenated alkanes) is 5. The highest BCUT2D eigenvalue weighted by molar-refractivity contribution is 7.87. The van der Waals surface area contributed by atoms with Gasteiger partial charge in [0, 0.05) is 17.0 Å². The van der Waals surface area contributed by atoms with Crippen LogP contribution in [-0.2, 0) is 9.98 Å². The Labute approximate surface area is 183 Å². The van der Waals surface area contributed by atoms with Gasteiger partial charge in [-0.25, -0.2) is 0 Å². The minimum atomic E-state index is -3.19. The summed E-state index contributed by atoms with van der Waals surface area (Å²) in [7, 11) is -3.19. The summed E-state index contributed by atoms with van der Waals surface area (Å²) < 4.78 is 14.2. The number of rotatable bonds is 10. The van der Waals surface area contributed by atoms with E-state index in [9.17, 15) is 9.36 Å². The van der Waals surface area contributed by atoms with Gasteiger partial charge >= 0.3 is 0 Å². The summed E-state index contributed by atoms with van der Waals surface area (Å²) in [6.07, 6.45) is 7.15. The van der Waals surface area contributed by atoms with Crippen LogP contribution in [0.1, 0.15) is 93.3 Å². The van der Waals surface area contributed by atoms with Crippen molar-refractivity contribution < 1.29 is 9.36 Å². The van der Waals surface area contributed by atoms with Gasteiger partial charge in [-0.1, -0.05) is 102 Å². The van der Waals surface area contributed by atoms with E-state index < -0.39 is 7.14 Å². The normalized spacial score (nSPS) is 13.8. The molecule has 2 aromatic carbocycles. The minimum Gasteiger partial charge on any atom is -0.310 e. The molecule has 2 nitrogen and oxygen atoms in total. The standard InChI is InChI=1S/C27H39O2P/c1-7-8-9-10-11-15-18-30(29,24-16-13-12-14-17-24)26(28)25-21(2)19-23(20-22(25)3)27(4,5)6/h12-14,16-17,19-20H,7-11,15,18H2,1-6H3. The number of carbonyl (C=O) groups excluding carboxylic acids is 1. The van der Waals surface area contributed by atoms with Gasteiger partial charge in [-0.15, -0.1) is 0 Å². The average molecular weight is 427 g/mol. The van der Waals surface area contributed by atoms with E-state index >= 15 is 0 Å². The molecule has 0 spiro atoms. The van der Waals surface area contributed by atoms with Crippen LogP contribution >= 0.6 is 7.14 Å². The molecule has 1 unspecified atom stereocenters. The van der Waals surface area contributed by atoms with Crippen LogP contribution in [0.5, 0.6) is 0 Å². The van der Waals surface area contributed by atoms with Crippen LogP contribution in [0.4, 0.5) is 0 Å². The first-order valence-corrected chi connectivity index (χ1v) is 13.3. The van der Waals surface area contributed by atoms with E-state index in [0.29, 0.717) is 17.0 Å². The molecule has 0 aliphatic carbocycles. The fourth-order valence-corrected chi connectivity index (χ4v) is 6.78. The summed E-state index contributed by atoms with van der Waals surface area (Å²) >= 11 is 0. The number of carbonyl (C=O) groups is 1. The highest BCUT2D eigenvalue weighted by Gasteiger charge is 2.35. The lowest BCUT2D eigenvalue weighted by Gasteiger charge is -2.24. The van der Waals surface area contributed by atoms with Crippen molar-refractivity contribution in [3.63, 3.8) is 0 Å². The van der Waals surface area contributed by atoms with Crippen molar-refractivity contribution in [3.8, 4) is 0 Å². The Hall–Kier alpha value is -1.66. The lowest BCUT2D eigenvalue weighted by molar-refractivity contribution is 0.107. The third-order valence-electron chi connectivity index (χ3n) is 5.94. The smallest absolute Gasteiger partial charge is 0.226 e. The maximum atomic E-state index is 14.2. The molecule has 0 bridgehead atoms. The van der Waals surface area contributed by atoms with Crippen LogP contribution < -0.4 is 5.30 Å². The Balaban J connectivity index is 2.37. The third kappa shape index (κ3) is 5.94. The first kappa shape index (κ1) is 24.6. The summed E-state index contributed by atoms with van der Waals surface area (Å²) in [5.41, 5.74) is 3.57. The van der Waals surface area contributed by atoms with Gasteiger partial charge in [0.05, 0.1) is 0 Å². The second-order valence-electron chi connectivity index (χ2n) is 9.61. The van der Waals surface area contributed by atoms with Crippen molar-refractivity contribution in [2.24, 2.45) is 0 Å². The average Bonchev–Trinajstić information content (AvgIpc) is 2.69. The topological polar surface area (TPSA) is 34.1 Å². The van der Waals surface area contributed by atoms with Crippen molar-refractivity contribution >= 4 is 18.0 Å². The van der Waals surface area contributed by atoms with Crippen LogP contribution in [0, 0.1) is 13.8 Å². The van der Waals surface area contributed by atoms with Gasteiger partial charge in [-0.3, -0.25) is 4.79 Å². The maximum Gasteiger partial charge on any atom is 0.226 e. The van der Waals surface area contributed by atoms with Crippen LogP contribution in [0.25, 0.3) is 0 Å². The Kier molecular flexibility index (Phi) is 8.68. The van der Waals surface area contributed by atoms with E-state index in [4.69, 9.17) is 0 Å². The molecule has 164 valence electrons. The van der Waals surface area contributed by atoms with Crippen molar-refractivity contribution in [1.29, 1.82) is 0 Å². The molecule has 0 fully saturated rings. The molecular formula is C27H39O2P. The molecule has 0 aliphatic rings. The molecule has 1 atom stereocenters. The Bertz CT molecular complexity index is 868. The highest BCUT2D eigenvalue weighted by Crippen LogP contribution is 2.50. The van der Waals surface area contributed by atoms with Gasteiger partial charge in [0.15, 0.2) is 7.14 Å².